The van der Waals surface area contributed by atoms with Gasteiger partial charge in [-0.1, -0.05) is 6.92 Å². The van der Waals surface area contributed by atoms with Crippen LogP contribution in [-0.4, -0.2) is 27.6 Å². The normalized spacial score (nSPS) is 16.2. The van der Waals surface area contributed by atoms with Gasteiger partial charge in [0.25, 0.3) is 0 Å². The molecule has 0 saturated heterocycles. The first-order valence-corrected chi connectivity index (χ1v) is 5.42. The Kier molecular flexibility index (Phi) is 4.14. The van der Waals surface area contributed by atoms with Crippen LogP contribution in [0.15, 0.2) is 12.3 Å². The van der Waals surface area contributed by atoms with Crippen molar-refractivity contribution in [1.82, 2.24) is 9.97 Å². The highest BCUT2D eigenvalue weighted by Crippen LogP contribution is 2.23. The van der Waals surface area contributed by atoms with E-state index in [4.69, 9.17) is 11.5 Å². The third kappa shape index (κ3) is 2.98. The second kappa shape index (κ2) is 5.20. The highest BCUT2D eigenvalue weighted by Gasteiger charge is 2.40. The number of nitrogens with two attached hydrogens (primary N) is 2. The molecule has 6 nitrogen and oxygen atoms in total. The number of carboxylic acid groups (broad SMARTS) is 1. The Morgan fingerprint density at radius 2 is 2.29 bits per heavy atom. The predicted molar refractivity (Wildman–Crippen MR) is 63.1 cm³/mol. The first-order valence-electron chi connectivity index (χ1n) is 5.42. The zero-order chi connectivity index (χ0) is 13.1. The molecule has 2 atom stereocenters. The molecule has 0 spiro atoms. The van der Waals surface area contributed by atoms with E-state index < -0.39 is 11.5 Å². The van der Waals surface area contributed by atoms with Gasteiger partial charge in [0.05, 0.1) is 0 Å². The molecule has 0 saturated carbocycles. The van der Waals surface area contributed by atoms with Crippen LogP contribution in [0.25, 0.3) is 0 Å². The summed E-state index contributed by atoms with van der Waals surface area (Å²) >= 11 is 0. The van der Waals surface area contributed by atoms with Crippen molar-refractivity contribution in [2.24, 2.45) is 17.4 Å². The zero-order valence-corrected chi connectivity index (χ0v) is 10.1. The van der Waals surface area contributed by atoms with E-state index in [9.17, 15) is 9.90 Å². The third-order valence-corrected chi connectivity index (χ3v) is 2.65. The van der Waals surface area contributed by atoms with Crippen LogP contribution in [0.2, 0.25) is 0 Å². The summed E-state index contributed by atoms with van der Waals surface area (Å²) in [5, 5.41) is 9.28. The molecule has 5 N–H and O–H groups in total. The highest BCUT2D eigenvalue weighted by atomic mass is 16.4. The molecule has 0 aliphatic heterocycles. The molecule has 94 valence electrons. The van der Waals surface area contributed by atoms with Gasteiger partial charge < -0.3 is 16.6 Å². The van der Waals surface area contributed by atoms with Crippen LogP contribution in [0.4, 0.5) is 0 Å². The number of carbonyl (C=O) groups is 1. The topological polar surface area (TPSA) is 115 Å². The summed E-state index contributed by atoms with van der Waals surface area (Å²) in [6.45, 7) is 3.98. The van der Waals surface area contributed by atoms with E-state index in [0.29, 0.717) is 12.2 Å². The number of aryl methyl sites for hydroxylation is 1. The second-order valence-corrected chi connectivity index (χ2v) is 4.34. The Labute approximate surface area is 100 Å². The molecule has 0 aliphatic carbocycles. The number of rotatable bonds is 5. The van der Waals surface area contributed by atoms with Crippen LogP contribution in [0, 0.1) is 12.8 Å². The maximum atomic E-state index is 11.3. The number of nitrogens with zero attached hydrogens (tertiary/aromatic N) is 2. The van der Waals surface area contributed by atoms with Gasteiger partial charge in [0, 0.05) is 11.9 Å². The van der Waals surface area contributed by atoms with E-state index in [1.54, 1.807) is 13.0 Å². The molecular weight excluding hydrogens is 220 g/mol. The molecule has 1 unspecified atom stereocenters. The second-order valence-electron chi connectivity index (χ2n) is 4.34. The van der Waals surface area contributed by atoms with Gasteiger partial charge in [0.15, 0.2) is 11.4 Å². The van der Waals surface area contributed by atoms with Crippen molar-refractivity contribution in [3.05, 3.63) is 23.8 Å². The fraction of sp³-hybridized carbons (Fsp3) is 0.545. The fourth-order valence-corrected chi connectivity index (χ4v) is 1.57. The highest BCUT2D eigenvalue weighted by molar-refractivity contribution is 5.79. The summed E-state index contributed by atoms with van der Waals surface area (Å²) in [5.74, 6) is -1.02. The predicted octanol–water partition coefficient (Wildman–Crippen LogP) is 0.00852. The van der Waals surface area contributed by atoms with E-state index in [1.165, 1.54) is 6.20 Å². The average Bonchev–Trinajstić information content (AvgIpc) is 2.28. The molecule has 1 rings (SSSR count). The summed E-state index contributed by atoms with van der Waals surface area (Å²) in [5.41, 5.74) is 10.5. The minimum atomic E-state index is -1.58. The van der Waals surface area contributed by atoms with Crippen LogP contribution in [0.3, 0.4) is 0 Å². The van der Waals surface area contributed by atoms with Crippen LogP contribution in [-0.2, 0) is 10.3 Å². The number of aliphatic carboxylic acids is 1. The molecule has 6 heteroatoms. The molecule has 1 aromatic heterocycles. The Hall–Kier alpha value is -1.53. The van der Waals surface area contributed by atoms with Gasteiger partial charge in [-0.15, -0.1) is 0 Å². The van der Waals surface area contributed by atoms with Crippen molar-refractivity contribution in [2.45, 2.75) is 25.8 Å². The van der Waals surface area contributed by atoms with E-state index in [1.807, 2.05) is 6.92 Å². The van der Waals surface area contributed by atoms with Crippen LogP contribution in [0.1, 0.15) is 24.9 Å². The van der Waals surface area contributed by atoms with Crippen molar-refractivity contribution < 1.29 is 9.90 Å². The molecule has 1 aromatic rings. The summed E-state index contributed by atoms with van der Waals surface area (Å²) < 4.78 is 0. The average molecular weight is 238 g/mol. The van der Waals surface area contributed by atoms with Crippen molar-refractivity contribution in [3.63, 3.8) is 0 Å². The fourth-order valence-electron chi connectivity index (χ4n) is 1.57. The standard InChI is InChI=1S/C11H18N4O2/c1-7(6-12)5-11(13,10(16)17)9-14-4-3-8(2)15-9/h3-4,7H,5-6,12-13H2,1-2H3,(H,16,17)/t7?,11-/m1/s1. The van der Waals surface area contributed by atoms with Gasteiger partial charge in [-0.25, -0.2) is 14.8 Å². The first-order chi connectivity index (χ1) is 7.90. The summed E-state index contributed by atoms with van der Waals surface area (Å²) in [7, 11) is 0. The quantitative estimate of drug-likeness (QED) is 0.665. The maximum Gasteiger partial charge on any atom is 0.331 e. The van der Waals surface area contributed by atoms with Gasteiger partial charge in [-0.3, -0.25) is 0 Å². The lowest BCUT2D eigenvalue weighted by Gasteiger charge is -2.25. The van der Waals surface area contributed by atoms with E-state index in [0.717, 1.165) is 0 Å². The van der Waals surface area contributed by atoms with Gasteiger partial charge in [-0.2, -0.15) is 0 Å². The molecule has 0 fully saturated rings. The first kappa shape index (κ1) is 13.5. The molecule has 0 aliphatic rings. The van der Waals surface area contributed by atoms with Crippen LogP contribution in [0.5, 0.6) is 0 Å². The third-order valence-electron chi connectivity index (χ3n) is 2.65. The molecule has 1 heterocycles. The number of carboxylic acids is 1. The van der Waals surface area contributed by atoms with Gasteiger partial charge >= 0.3 is 5.97 Å². The number of hydrogen-bond acceptors (Lipinski definition) is 5. The summed E-state index contributed by atoms with van der Waals surface area (Å²) in [4.78, 5) is 19.4. The molecule has 0 amide bonds. The maximum absolute atomic E-state index is 11.3. The van der Waals surface area contributed by atoms with Crippen LogP contribution >= 0.6 is 0 Å². The molecule has 0 aromatic carbocycles. The minimum absolute atomic E-state index is 0.0137. The van der Waals surface area contributed by atoms with E-state index in [-0.39, 0.29) is 18.2 Å². The Balaban J connectivity index is 3.11. The summed E-state index contributed by atoms with van der Waals surface area (Å²) in [6.07, 6.45) is 1.72. The van der Waals surface area contributed by atoms with Crippen LogP contribution < -0.4 is 11.5 Å². The lowest BCUT2D eigenvalue weighted by Crippen LogP contribution is -2.48. The largest absolute Gasteiger partial charge is 0.480 e. The lowest BCUT2D eigenvalue weighted by atomic mass is 9.88. The molecule has 17 heavy (non-hydrogen) atoms. The van der Waals surface area contributed by atoms with Gasteiger partial charge in [-0.05, 0) is 31.9 Å². The monoisotopic (exact) mass is 238 g/mol. The van der Waals surface area contributed by atoms with Crippen molar-refractivity contribution in [2.75, 3.05) is 6.54 Å². The SMILES string of the molecule is Cc1ccnc([C@](N)(CC(C)CN)C(=O)O)n1. The Morgan fingerprint density at radius 1 is 1.65 bits per heavy atom. The summed E-state index contributed by atoms with van der Waals surface area (Å²) in [6, 6.07) is 1.69. The Bertz CT molecular complexity index is 410. The smallest absolute Gasteiger partial charge is 0.331 e. The van der Waals surface area contributed by atoms with E-state index in [2.05, 4.69) is 9.97 Å². The van der Waals surface area contributed by atoms with Gasteiger partial charge in [0.2, 0.25) is 0 Å². The zero-order valence-electron chi connectivity index (χ0n) is 10.1. The number of hydrogen-bond donors (Lipinski definition) is 3. The lowest BCUT2D eigenvalue weighted by molar-refractivity contribution is -0.144. The molecule has 0 radical (unpaired) electrons. The minimum Gasteiger partial charge on any atom is -0.480 e. The molecule has 0 bridgehead atoms. The van der Waals surface area contributed by atoms with Crippen molar-refractivity contribution >= 4 is 5.97 Å². The van der Waals surface area contributed by atoms with Crippen molar-refractivity contribution in [1.29, 1.82) is 0 Å². The Morgan fingerprint density at radius 3 is 2.76 bits per heavy atom. The molecular formula is C11H18N4O2. The number of aromatic nitrogens is 2. The van der Waals surface area contributed by atoms with Crippen molar-refractivity contribution in [3.8, 4) is 0 Å². The van der Waals surface area contributed by atoms with Gasteiger partial charge in [0.1, 0.15) is 0 Å². The van der Waals surface area contributed by atoms with E-state index >= 15 is 0 Å².